The van der Waals surface area contributed by atoms with Crippen molar-refractivity contribution >= 4 is 11.6 Å². The van der Waals surface area contributed by atoms with Gasteiger partial charge in [-0.05, 0) is 42.2 Å². The molecular weight excluding hydrogens is 300 g/mol. The third-order valence-electron chi connectivity index (χ3n) is 4.49. The van der Waals surface area contributed by atoms with Crippen molar-refractivity contribution in [2.24, 2.45) is 0 Å². The number of hydrogen-bond acceptors (Lipinski definition) is 3. The number of benzene rings is 2. The van der Waals surface area contributed by atoms with Gasteiger partial charge in [-0.2, -0.15) is 0 Å². The van der Waals surface area contributed by atoms with Crippen LogP contribution < -0.4 is 10.1 Å². The topological polar surface area (TPSA) is 41.6 Å². The van der Waals surface area contributed by atoms with Gasteiger partial charge in [0.25, 0.3) is 0 Å². The summed E-state index contributed by atoms with van der Waals surface area (Å²) >= 11 is 0. The van der Waals surface area contributed by atoms with Crippen molar-refractivity contribution in [2.45, 2.75) is 26.3 Å². The van der Waals surface area contributed by atoms with E-state index >= 15 is 0 Å². The molecule has 0 saturated carbocycles. The van der Waals surface area contributed by atoms with E-state index in [2.05, 4.69) is 23.5 Å². The zero-order chi connectivity index (χ0) is 16.9. The van der Waals surface area contributed by atoms with Crippen LogP contribution in [0.25, 0.3) is 0 Å². The molecule has 0 unspecified atom stereocenters. The Morgan fingerprint density at radius 3 is 2.79 bits per heavy atom. The zero-order valence-electron chi connectivity index (χ0n) is 14.3. The standard InChI is InChI=1S/C20H24N2O2/c1-15-7-8-19(24-2)18(13-15)21-11-9-20(23)22-12-10-16-5-3-4-6-17(16)14-22/h3-8,13,21H,9-12,14H2,1-2H3. The Bertz CT molecular complexity index is 727. The zero-order valence-corrected chi connectivity index (χ0v) is 14.3. The highest BCUT2D eigenvalue weighted by Gasteiger charge is 2.19. The van der Waals surface area contributed by atoms with E-state index in [4.69, 9.17) is 4.74 Å². The minimum atomic E-state index is 0.198. The molecule has 1 heterocycles. The van der Waals surface area contributed by atoms with Gasteiger partial charge in [0.05, 0.1) is 12.8 Å². The van der Waals surface area contributed by atoms with Gasteiger partial charge in [0, 0.05) is 26.1 Å². The van der Waals surface area contributed by atoms with E-state index in [1.165, 1.54) is 11.1 Å². The van der Waals surface area contributed by atoms with Gasteiger partial charge < -0.3 is 15.0 Å². The van der Waals surface area contributed by atoms with Crippen LogP contribution in [0.4, 0.5) is 5.69 Å². The molecule has 1 N–H and O–H groups in total. The Labute approximate surface area is 143 Å². The highest BCUT2D eigenvalue weighted by Crippen LogP contribution is 2.25. The van der Waals surface area contributed by atoms with Crippen molar-refractivity contribution in [3.05, 3.63) is 59.2 Å². The average Bonchev–Trinajstić information content (AvgIpc) is 2.61. The number of nitrogens with zero attached hydrogens (tertiary/aromatic N) is 1. The fourth-order valence-corrected chi connectivity index (χ4v) is 3.13. The van der Waals surface area contributed by atoms with Crippen LogP contribution in [-0.2, 0) is 17.8 Å². The van der Waals surface area contributed by atoms with Gasteiger partial charge in [0.15, 0.2) is 0 Å². The minimum Gasteiger partial charge on any atom is -0.495 e. The molecule has 0 atom stereocenters. The van der Waals surface area contributed by atoms with Gasteiger partial charge in [-0.1, -0.05) is 30.3 Å². The predicted molar refractivity (Wildman–Crippen MR) is 96.4 cm³/mol. The van der Waals surface area contributed by atoms with Crippen molar-refractivity contribution in [1.29, 1.82) is 0 Å². The third kappa shape index (κ3) is 3.70. The summed E-state index contributed by atoms with van der Waals surface area (Å²) in [5, 5.41) is 3.32. The summed E-state index contributed by atoms with van der Waals surface area (Å²) in [7, 11) is 1.66. The number of hydrogen-bond donors (Lipinski definition) is 1. The molecule has 0 radical (unpaired) electrons. The van der Waals surface area contributed by atoms with Gasteiger partial charge in [-0.3, -0.25) is 4.79 Å². The molecule has 3 rings (SSSR count). The van der Waals surface area contributed by atoms with Gasteiger partial charge >= 0.3 is 0 Å². The molecule has 0 fully saturated rings. The first-order valence-electron chi connectivity index (χ1n) is 8.40. The molecule has 24 heavy (non-hydrogen) atoms. The molecule has 0 bridgehead atoms. The highest BCUT2D eigenvalue weighted by molar-refractivity contribution is 5.77. The Morgan fingerprint density at radius 1 is 1.21 bits per heavy atom. The average molecular weight is 324 g/mol. The van der Waals surface area contributed by atoms with E-state index in [9.17, 15) is 4.79 Å². The first-order valence-corrected chi connectivity index (χ1v) is 8.40. The number of rotatable bonds is 5. The summed E-state index contributed by atoms with van der Waals surface area (Å²) in [6, 6.07) is 14.4. The fraction of sp³-hybridized carbons (Fsp3) is 0.350. The number of ether oxygens (including phenoxy) is 1. The number of carbonyl (C=O) groups excluding carboxylic acids is 1. The van der Waals surface area contributed by atoms with E-state index in [-0.39, 0.29) is 5.91 Å². The largest absolute Gasteiger partial charge is 0.495 e. The molecule has 1 aliphatic heterocycles. The van der Waals surface area contributed by atoms with Crippen LogP contribution in [0, 0.1) is 6.92 Å². The smallest absolute Gasteiger partial charge is 0.224 e. The number of aryl methyl sites for hydroxylation is 1. The lowest BCUT2D eigenvalue weighted by Crippen LogP contribution is -2.36. The molecule has 0 aliphatic carbocycles. The number of anilines is 1. The Kier molecular flexibility index (Phi) is 5.04. The second-order valence-electron chi connectivity index (χ2n) is 6.21. The molecule has 0 aromatic heterocycles. The van der Waals surface area contributed by atoms with E-state index in [1.54, 1.807) is 7.11 Å². The molecule has 4 nitrogen and oxygen atoms in total. The van der Waals surface area contributed by atoms with Crippen molar-refractivity contribution in [1.82, 2.24) is 4.90 Å². The lowest BCUT2D eigenvalue weighted by atomic mass is 10.00. The van der Waals surface area contributed by atoms with Crippen molar-refractivity contribution in [2.75, 3.05) is 25.5 Å². The summed E-state index contributed by atoms with van der Waals surface area (Å²) in [6.07, 6.45) is 1.43. The minimum absolute atomic E-state index is 0.198. The van der Waals surface area contributed by atoms with Crippen LogP contribution in [0.3, 0.4) is 0 Å². The fourth-order valence-electron chi connectivity index (χ4n) is 3.13. The maximum absolute atomic E-state index is 12.5. The Hall–Kier alpha value is -2.49. The lowest BCUT2D eigenvalue weighted by molar-refractivity contribution is -0.131. The SMILES string of the molecule is COc1ccc(C)cc1NCCC(=O)N1CCc2ccccc2C1. The van der Waals surface area contributed by atoms with E-state index < -0.39 is 0 Å². The number of fused-ring (bicyclic) bond motifs is 1. The van der Waals surface area contributed by atoms with Crippen LogP contribution in [-0.4, -0.2) is 31.0 Å². The summed E-state index contributed by atoms with van der Waals surface area (Å²) in [6.45, 7) is 4.18. The Balaban J connectivity index is 1.54. The number of amides is 1. The molecule has 126 valence electrons. The molecule has 1 amide bonds. The predicted octanol–water partition coefficient (Wildman–Crippen LogP) is 3.39. The summed E-state index contributed by atoms with van der Waals surface area (Å²) in [5.74, 6) is 1.00. The quantitative estimate of drug-likeness (QED) is 0.916. The van der Waals surface area contributed by atoms with Crippen LogP contribution in [0.5, 0.6) is 5.75 Å². The third-order valence-corrected chi connectivity index (χ3v) is 4.49. The Morgan fingerprint density at radius 2 is 2.00 bits per heavy atom. The van der Waals surface area contributed by atoms with Crippen LogP contribution in [0.15, 0.2) is 42.5 Å². The van der Waals surface area contributed by atoms with Gasteiger partial charge in [-0.25, -0.2) is 0 Å². The molecule has 1 aliphatic rings. The second-order valence-corrected chi connectivity index (χ2v) is 6.21. The lowest BCUT2D eigenvalue weighted by Gasteiger charge is -2.29. The molecule has 0 saturated heterocycles. The van der Waals surface area contributed by atoms with Gasteiger partial charge in [0.1, 0.15) is 5.75 Å². The normalized spacial score (nSPS) is 13.3. The molecule has 4 heteroatoms. The number of nitrogens with one attached hydrogen (secondary N) is 1. The first kappa shape index (κ1) is 16.4. The molecular formula is C20H24N2O2. The summed E-state index contributed by atoms with van der Waals surface area (Å²) in [5.41, 5.74) is 4.74. The van der Waals surface area contributed by atoms with Gasteiger partial charge in [0.2, 0.25) is 5.91 Å². The van der Waals surface area contributed by atoms with Crippen molar-refractivity contribution < 1.29 is 9.53 Å². The molecule has 2 aromatic carbocycles. The molecule has 2 aromatic rings. The van der Waals surface area contributed by atoms with Crippen molar-refractivity contribution in [3.8, 4) is 5.75 Å². The van der Waals surface area contributed by atoms with E-state index in [0.29, 0.717) is 13.0 Å². The van der Waals surface area contributed by atoms with E-state index in [0.717, 1.165) is 36.5 Å². The number of carbonyl (C=O) groups is 1. The number of methoxy groups -OCH3 is 1. The maximum atomic E-state index is 12.5. The second kappa shape index (κ2) is 7.39. The van der Waals surface area contributed by atoms with E-state index in [1.807, 2.05) is 36.1 Å². The van der Waals surface area contributed by atoms with Crippen molar-refractivity contribution in [3.63, 3.8) is 0 Å². The first-order chi connectivity index (χ1) is 11.7. The van der Waals surface area contributed by atoms with Gasteiger partial charge in [-0.15, -0.1) is 0 Å². The highest BCUT2D eigenvalue weighted by atomic mass is 16.5. The summed E-state index contributed by atoms with van der Waals surface area (Å²) in [4.78, 5) is 14.4. The molecule has 0 spiro atoms. The van der Waals surface area contributed by atoms with Crippen LogP contribution in [0.1, 0.15) is 23.1 Å². The van der Waals surface area contributed by atoms with Crippen LogP contribution >= 0.6 is 0 Å². The van der Waals surface area contributed by atoms with Crippen LogP contribution in [0.2, 0.25) is 0 Å². The maximum Gasteiger partial charge on any atom is 0.224 e. The monoisotopic (exact) mass is 324 g/mol. The summed E-state index contributed by atoms with van der Waals surface area (Å²) < 4.78 is 5.36.